The second kappa shape index (κ2) is 12.8. The Morgan fingerprint density at radius 1 is 1.12 bits per heavy atom. The van der Waals surface area contributed by atoms with Crippen LogP contribution in [0.3, 0.4) is 0 Å². The van der Waals surface area contributed by atoms with E-state index in [9.17, 15) is 30.0 Å². The highest BCUT2D eigenvalue weighted by Crippen LogP contribution is 2.45. The summed E-state index contributed by atoms with van der Waals surface area (Å²) in [6, 6.07) is 3.65. The van der Waals surface area contributed by atoms with Gasteiger partial charge in [-0.3, -0.25) is 9.59 Å². The minimum Gasteiger partial charge on any atom is -0.504 e. The van der Waals surface area contributed by atoms with Crippen molar-refractivity contribution in [3.05, 3.63) is 23.3 Å². The van der Waals surface area contributed by atoms with Crippen molar-refractivity contribution in [3.8, 4) is 23.3 Å². The van der Waals surface area contributed by atoms with Gasteiger partial charge in [0, 0.05) is 31.2 Å². The number of aliphatic hydroxyl groups is 3. The first-order valence-electron chi connectivity index (χ1n) is 15.4. The fraction of sp³-hybridized carbons (Fsp3) is 0.697. The van der Waals surface area contributed by atoms with Crippen molar-refractivity contribution in [1.82, 2.24) is 5.32 Å². The number of phenols is 1. The topological polar surface area (TPSA) is 136 Å². The van der Waals surface area contributed by atoms with Crippen molar-refractivity contribution < 1.29 is 34.8 Å². The van der Waals surface area contributed by atoms with Crippen molar-refractivity contribution >= 4 is 11.6 Å². The van der Waals surface area contributed by atoms with E-state index in [0.717, 1.165) is 44.2 Å². The van der Waals surface area contributed by atoms with Gasteiger partial charge in [-0.1, -0.05) is 18.3 Å². The second-order valence-electron chi connectivity index (χ2n) is 12.9. The second-order valence-corrected chi connectivity index (χ2v) is 12.9. The van der Waals surface area contributed by atoms with Crippen molar-refractivity contribution in [1.29, 1.82) is 0 Å². The standard InChI is InChI=1S/C33H45NO7/c1-41-30-15-22-5-7-31(39)33(11-9-23(14-26(37)19-35)27(22)17-29(30)38)10-8-20(13-32(33)40)2-3-21-12-24-4-6-25(36)16-28(24)34-18-21/h15,17,20-21,23-24,26,28,32,34-35,37-38,40H,2-8,10,12-14,16,18-19H2,1H3/t20-,21-,23+,24+,26-,28+,32+,33-/m0/s1. The molecule has 5 rings (SSSR count). The molecular weight excluding hydrogens is 522 g/mol. The Bertz CT molecular complexity index is 1190. The summed E-state index contributed by atoms with van der Waals surface area (Å²) in [7, 11) is 1.47. The van der Waals surface area contributed by atoms with Gasteiger partial charge in [-0.25, -0.2) is 0 Å². The number of methoxy groups -OCH3 is 1. The summed E-state index contributed by atoms with van der Waals surface area (Å²) in [5.74, 6) is 7.97. The average Bonchev–Trinajstić information content (AvgIpc) is 3.02. The maximum absolute atomic E-state index is 13.7. The summed E-state index contributed by atoms with van der Waals surface area (Å²) in [6.45, 7) is 0.527. The Morgan fingerprint density at radius 3 is 2.68 bits per heavy atom. The number of ketones is 2. The highest BCUT2D eigenvalue weighted by atomic mass is 16.5. The van der Waals surface area contributed by atoms with E-state index >= 15 is 0 Å². The van der Waals surface area contributed by atoms with Gasteiger partial charge in [0.1, 0.15) is 11.2 Å². The van der Waals surface area contributed by atoms with E-state index in [-0.39, 0.29) is 24.4 Å². The number of aliphatic hydroxyl groups excluding tert-OH is 3. The van der Waals surface area contributed by atoms with Crippen LogP contribution >= 0.6 is 0 Å². The zero-order chi connectivity index (χ0) is 29.1. The molecule has 3 aliphatic carbocycles. The van der Waals surface area contributed by atoms with Crippen molar-refractivity contribution in [2.45, 2.75) is 101 Å². The van der Waals surface area contributed by atoms with Gasteiger partial charge in [-0.2, -0.15) is 0 Å². The first-order valence-corrected chi connectivity index (χ1v) is 15.4. The molecule has 1 spiro atoms. The summed E-state index contributed by atoms with van der Waals surface area (Å²) >= 11 is 0. The number of hydrogen-bond donors (Lipinski definition) is 5. The maximum Gasteiger partial charge on any atom is 0.160 e. The lowest BCUT2D eigenvalue weighted by molar-refractivity contribution is -0.134. The maximum atomic E-state index is 13.7. The van der Waals surface area contributed by atoms with Gasteiger partial charge in [-0.05, 0) is 98.9 Å². The van der Waals surface area contributed by atoms with Gasteiger partial charge < -0.3 is 30.5 Å². The van der Waals surface area contributed by atoms with Crippen molar-refractivity contribution in [2.75, 3.05) is 20.3 Å². The van der Waals surface area contributed by atoms with E-state index < -0.39 is 30.1 Å². The molecule has 1 heterocycles. The van der Waals surface area contributed by atoms with Crippen molar-refractivity contribution in [2.24, 2.45) is 23.2 Å². The average molecular weight is 568 g/mol. The number of phenolic OH excluding ortho intramolecular Hbond substituents is 1. The van der Waals surface area contributed by atoms with Gasteiger partial charge in [0.15, 0.2) is 17.3 Å². The smallest absolute Gasteiger partial charge is 0.160 e. The number of Topliss-reactive ketones (excluding diaryl/α,β-unsaturated/α-hetero) is 2. The largest absolute Gasteiger partial charge is 0.504 e. The molecule has 5 N–H and O–H groups in total. The molecule has 2 saturated carbocycles. The predicted molar refractivity (Wildman–Crippen MR) is 153 cm³/mol. The number of rotatable bonds is 7. The molecular formula is C33H45NO7. The third kappa shape index (κ3) is 6.49. The molecule has 3 fully saturated rings. The number of carbonyl (C=O) groups is 2. The van der Waals surface area contributed by atoms with Gasteiger partial charge in [0.05, 0.1) is 25.9 Å². The summed E-state index contributed by atoms with van der Waals surface area (Å²) in [4.78, 5) is 25.5. The zero-order valence-corrected chi connectivity index (χ0v) is 24.1. The van der Waals surface area contributed by atoms with E-state index in [1.807, 2.05) is 0 Å². The normalized spacial score (nSPS) is 34.3. The van der Waals surface area contributed by atoms with Crippen LogP contribution in [0, 0.1) is 35.0 Å². The molecule has 0 aromatic heterocycles. The summed E-state index contributed by atoms with van der Waals surface area (Å²) < 4.78 is 5.30. The molecule has 1 saturated heterocycles. The predicted octanol–water partition coefficient (Wildman–Crippen LogP) is 3.02. The van der Waals surface area contributed by atoms with E-state index in [1.165, 1.54) is 7.11 Å². The Hall–Kier alpha value is -2.44. The number of benzene rings is 1. The molecule has 8 heteroatoms. The van der Waals surface area contributed by atoms with E-state index in [4.69, 9.17) is 4.74 Å². The summed E-state index contributed by atoms with van der Waals surface area (Å²) in [6.07, 6.45) is 6.37. The minimum absolute atomic E-state index is 0.0435. The first-order chi connectivity index (χ1) is 19.7. The Labute approximate surface area is 242 Å². The molecule has 0 amide bonds. The highest BCUT2D eigenvalue weighted by Gasteiger charge is 2.47. The quantitative estimate of drug-likeness (QED) is 0.317. The molecule has 0 unspecified atom stereocenters. The monoisotopic (exact) mass is 567 g/mol. The minimum atomic E-state index is -1.15. The van der Waals surface area contributed by atoms with Gasteiger partial charge in [0.2, 0.25) is 0 Å². The van der Waals surface area contributed by atoms with E-state index in [0.29, 0.717) is 73.0 Å². The number of fused-ring (bicyclic) bond motifs is 2. The Balaban J connectivity index is 1.28. The number of piperidine rings is 1. The van der Waals surface area contributed by atoms with Crippen LogP contribution in [0.4, 0.5) is 0 Å². The molecule has 1 aromatic rings. The van der Waals surface area contributed by atoms with E-state index in [2.05, 4.69) is 17.2 Å². The molecule has 224 valence electrons. The fourth-order valence-electron chi connectivity index (χ4n) is 7.77. The molecule has 4 aliphatic rings. The number of nitrogens with one attached hydrogen (secondary N) is 1. The van der Waals surface area contributed by atoms with E-state index in [1.54, 1.807) is 12.1 Å². The zero-order valence-electron chi connectivity index (χ0n) is 24.1. The number of aromatic hydroxyl groups is 1. The molecule has 0 radical (unpaired) electrons. The number of carbonyl (C=O) groups excluding carboxylic acids is 2. The fourth-order valence-corrected chi connectivity index (χ4v) is 7.77. The lowest BCUT2D eigenvalue weighted by Gasteiger charge is -2.42. The lowest BCUT2D eigenvalue weighted by Crippen LogP contribution is -2.49. The molecule has 1 aliphatic heterocycles. The summed E-state index contributed by atoms with van der Waals surface area (Å²) in [5, 5.41) is 45.4. The summed E-state index contributed by atoms with van der Waals surface area (Å²) in [5.41, 5.74) is 0.367. The van der Waals surface area contributed by atoms with Gasteiger partial charge in [0.25, 0.3) is 0 Å². The van der Waals surface area contributed by atoms with Gasteiger partial charge in [-0.15, -0.1) is 0 Å². The van der Waals surface area contributed by atoms with Crippen LogP contribution in [0.25, 0.3) is 0 Å². The lowest BCUT2D eigenvalue weighted by atomic mass is 9.64. The molecule has 8 atom stereocenters. The van der Waals surface area contributed by atoms with Crippen LogP contribution in [0.1, 0.15) is 87.7 Å². The van der Waals surface area contributed by atoms with Crippen molar-refractivity contribution in [3.63, 3.8) is 0 Å². The van der Waals surface area contributed by atoms with Crippen LogP contribution in [0.2, 0.25) is 0 Å². The molecule has 8 nitrogen and oxygen atoms in total. The molecule has 1 aromatic carbocycles. The van der Waals surface area contributed by atoms with Crippen LogP contribution in [0.5, 0.6) is 11.5 Å². The Morgan fingerprint density at radius 2 is 1.93 bits per heavy atom. The number of ether oxygens (including phenoxy) is 1. The number of aryl methyl sites for hydroxylation is 1. The third-order valence-corrected chi connectivity index (χ3v) is 10.3. The number of hydrogen-bond acceptors (Lipinski definition) is 8. The third-order valence-electron chi connectivity index (χ3n) is 10.3. The van der Waals surface area contributed by atoms with Crippen LogP contribution < -0.4 is 10.1 Å². The van der Waals surface area contributed by atoms with Crippen LogP contribution in [0.15, 0.2) is 12.1 Å². The first kappa shape index (κ1) is 30.0. The highest BCUT2D eigenvalue weighted by molar-refractivity contribution is 5.89. The SMILES string of the molecule is COc1cc2c(cc1O)[C@@H](C[C@H](O)CO)C#C[C@@]1(CC[C@H](CC[C@@H]3CN[C@@H]4CC(=O)CC[C@@H]4C3)C[C@H]1O)C(=O)CC2. The van der Waals surface area contributed by atoms with Gasteiger partial charge >= 0.3 is 0 Å². The van der Waals surface area contributed by atoms with Crippen LogP contribution in [-0.2, 0) is 16.0 Å². The molecule has 0 bridgehead atoms. The Kier molecular flexibility index (Phi) is 9.40. The molecule has 41 heavy (non-hydrogen) atoms. The van der Waals surface area contributed by atoms with Crippen LogP contribution in [-0.4, -0.2) is 70.5 Å².